The molecule has 0 aromatic heterocycles. The van der Waals surface area contributed by atoms with E-state index in [0.29, 0.717) is 5.56 Å². The van der Waals surface area contributed by atoms with Crippen LogP contribution in [0.25, 0.3) is 11.1 Å². The average Bonchev–Trinajstić information content (AvgIpc) is 2.38. The Bertz CT molecular complexity index is 524. The zero-order chi connectivity index (χ0) is 13.2. The van der Waals surface area contributed by atoms with Crippen LogP contribution in [0.3, 0.4) is 0 Å². The van der Waals surface area contributed by atoms with Gasteiger partial charge in [0.15, 0.2) is 0 Å². The van der Waals surface area contributed by atoms with Crippen LogP contribution in [0, 0.1) is 6.42 Å². The second kappa shape index (κ2) is 4.84. The molecule has 0 aliphatic heterocycles. The molecular formula is C15H12F3. The predicted octanol–water partition coefficient (Wildman–Crippen LogP) is 4.94. The molecule has 3 heteroatoms. The van der Waals surface area contributed by atoms with Crippen LogP contribution in [-0.2, 0) is 6.18 Å². The summed E-state index contributed by atoms with van der Waals surface area (Å²) in [5, 5.41) is 0. The predicted molar refractivity (Wildman–Crippen MR) is 66.0 cm³/mol. The third-order valence-corrected chi connectivity index (χ3v) is 2.79. The molecule has 0 heterocycles. The van der Waals surface area contributed by atoms with Crippen molar-refractivity contribution in [3.05, 3.63) is 66.1 Å². The van der Waals surface area contributed by atoms with Crippen molar-refractivity contribution in [2.45, 2.75) is 13.1 Å². The van der Waals surface area contributed by atoms with E-state index < -0.39 is 11.7 Å². The number of hydrogen-bond donors (Lipinski definition) is 0. The normalized spacial score (nSPS) is 11.6. The van der Waals surface area contributed by atoms with E-state index in [-0.39, 0.29) is 5.56 Å². The van der Waals surface area contributed by atoms with Gasteiger partial charge in [-0.05, 0) is 29.2 Å². The lowest BCUT2D eigenvalue weighted by molar-refractivity contribution is -0.137. The van der Waals surface area contributed by atoms with Gasteiger partial charge in [0.2, 0.25) is 0 Å². The van der Waals surface area contributed by atoms with Crippen LogP contribution in [0.1, 0.15) is 18.1 Å². The maximum absolute atomic E-state index is 12.9. The molecule has 0 unspecified atom stereocenters. The maximum atomic E-state index is 12.9. The lowest BCUT2D eigenvalue weighted by Crippen LogP contribution is -2.06. The van der Waals surface area contributed by atoms with E-state index in [1.54, 1.807) is 18.2 Å². The molecule has 0 aliphatic rings. The Balaban J connectivity index is 2.50. The zero-order valence-electron chi connectivity index (χ0n) is 9.83. The molecule has 1 radical (unpaired) electrons. The fraction of sp³-hybridized carbons (Fsp3) is 0.133. The van der Waals surface area contributed by atoms with Gasteiger partial charge < -0.3 is 0 Å². The summed E-state index contributed by atoms with van der Waals surface area (Å²) in [5.41, 5.74) is 1.18. The largest absolute Gasteiger partial charge is 0.417 e. The number of benzene rings is 2. The van der Waals surface area contributed by atoms with E-state index in [1.165, 1.54) is 12.1 Å². The van der Waals surface area contributed by atoms with E-state index in [2.05, 4.69) is 0 Å². The van der Waals surface area contributed by atoms with Crippen molar-refractivity contribution in [2.75, 3.05) is 0 Å². The lowest BCUT2D eigenvalue weighted by Gasteiger charge is -2.12. The highest BCUT2D eigenvalue weighted by molar-refractivity contribution is 5.68. The molecular weight excluding hydrogens is 237 g/mol. The Morgan fingerprint density at radius 1 is 0.889 bits per heavy atom. The first-order valence-electron chi connectivity index (χ1n) is 5.58. The van der Waals surface area contributed by atoms with E-state index in [9.17, 15) is 13.2 Å². The monoisotopic (exact) mass is 249 g/mol. The van der Waals surface area contributed by atoms with Crippen molar-refractivity contribution in [2.24, 2.45) is 0 Å². The SMILES string of the molecule is C[CH]c1ccc(-c2ccccc2C(F)(F)F)cc1. The zero-order valence-corrected chi connectivity index (χ0v) is 9.83. The van der Waals surface area contributed by atoms with Crippen LogP contribution in [0.5, 0.6) is 0 Å². The first-order valence-corrected chi connectivity index (χ1v) is 5.58. The summed E-state index contributed by atoms with van der Waals surface area (Å²) in [4.78, 5) is 0. The Kier molecular flexibility index (Phi) is 3.41. The fourth-order valence-corrected chi connectivity index (χ4v) is 1.84. The molecule has 0 bridgehead atoms. The van der Waals surface area contributed by atoms with Crippen LogP contribution >= 0.6 is 0 Å². The standard InChI is InChI=1S/C15H12F3/c1-2-11-7-9-12(10-8-11)13-5-3-4-6-14(13)15(16,17)18/h2-10H,1H3. The summed E-state index contributed by atoms with van der Waals surface area (Å²) in [7, 11) is 0. The number of hydrogen-bond acceptors (Lipinski definition) is 0. The van der Waals surface area contributed by atoms with E-state index in [1.807, 2.05) is 25.5 Å². The second-order valence-electron chi connectivity index (χ2n) is 3.95. The van der Waals surface area contributed by atoms with Gasteiger partial charge in [-0.1, -0.05) is 49.4 Å². The summed E-state index contributed by atoms with van der Waals surface area (Å²) in [6, 6.07) is 12.7. The minimum atomic E-state index is -4.33. The topological polar surface area (TPSA) is 0 Å². The van der Waals surface area contributed by atoms with Gasteiger partial charge in [0.05, 0.1) is 5.56 Å². The first kappa shape index (κ1) is 12.7. The van der Waals surface area contributed by atoms with Gasteiger partial charge in [-0.15, -0.1) is 0 Å². The Morgan fingerprint density at radius 3 is 2.06 bits per heavy atom. The molecule has 0 spiro atoms. The van der Waals surface area contributed by atoms with Gasteiger partial charge in [0, 0.05) is 0 Å². The van der Waals surface area contributed by atoms with Crippen molar-refractivity contribution in [1.82, 2.24) is 0 Å². The van der Waals surface area contributed by atoms with Crippen LogP contribution < -0.4 is 0 Å². The summed E-state index contributed by atoms with van der Waals surface area (Å²) < 4.78 is 38.6. The lowest BCUT2D eigenvalue weighted by atomic mass is 9.98. The second-order valence-corrected chi connectivity index (χ2v) is 3.95. The number of halogens is 3. The minimum absolute atomic E-state index is 0.215. The molecule has 0 atom stereocenters. The van der Waals surface area contributed by atoms with Crippen LogP contribution in [0.4, 0.5) is 13.2 Å². The molecule has 0 amide bonds. The Hall–Kier alpha value is -1.77. The fourth-order valence-electron chi connectivity index (χ4n) is 1.84. The highest BCUT2D eigenvalue weighted by Gasteiger charge is 2.33. The number of alkyl halides is 3. The molecule has 0 saturated heterocycles. The van der Waals surface area contributed by atoms with Gasteiger partial charge in [-0.2, -0.15) is 13.2 Å². The summed E-state index contributed by atoms with van der Waals surface area (Å²) >= 11 is 0. The van der Waals surface area contributed by atoms with Crippen LogP contribution in [0.15, 0.2) is 48.5 Å². The van der Waals surface area contributed by atoms with Crippen molar-refractivity contribution >= 4 is 0 Å². The quantitative estimate of drug-likeness (QED) is 0.706. The van der Waals surface area contributed by atoms with Gasteiger partial charge in [0.1, 0.15) is 0 Å². The molecule has 93 valence electrons. The molecule has 0 saturated carbocycles. The van der Waals surface area contributed by atoms with Gasteiger partial charge in [-0.3, -0.25) is 0 Å². The first-order chi connectivity index (χ1) is 8.52. The van der Waals surface area contributed by atoms with Crippen molar-refractivity contribution in [3.63, 3.8) is 0 Å². The number of rotatable bonds is 2. The highest BCUT2D eigenvalue weighted by atomic mass is 19.4. The Labute approximate surface area is 104 Å². The van der Waals surface area contributed by atoms with Gasteiger partial charge in [0.25, 0.3) is 0 Å². The summed E-state index contributed by atoms with van der Waals surface area (Å²) in [5.74, 6) is 0. The molecule has 2 aromatic carbocycles. The molecule has 0 aliphatic carbocycles. The molecule has 2 aromatic rings. The molecule has 18 heavy (non-hydrogen) atoms. The Morgan fingerprint density at radius 2 is 1.50 bits per heavy atom. The molecule has 0 fully saturated rings. The molecule has 0 N–H and O–H groups in total. The third kappa shape index (κ3) is 2.55. The summed E-state index contributed by atoms with van der Waals surface area (Å²) in [6.45, 7) is 1.89. The molecule has 2 rings (SSSR count). The third-order valence-electron chi connectivity index (χ3n) is 2.79. The van der Waals surface area contributed by atoms with Crippen molar-refractivity contribution < 1.29 is 13.2 Å². The molecule has 0 nitrogen and oxygen atoms in total. The highest BCUT2D eigenvalue weighted by Crippen LogP contribution is 2.36. The van der Waals surface area contributed by atoms with E-state index in [0.717, 1.165) is 11.6 Å². The van der Waals surface area contributed by atoms with Gasteiger partial charge >= 0.3 is 6.18 Å². The minimum Gasteiger partial charge on any atom is -0.166 e. The van der Waals surface area contributed by atoms with Crippen LogP contribution in [-0.4, -0.2) is 0 Å². The van der Waals surface area contributed by atoms with Crippen molar-refractivity contribution in [3.8, 4) is 11.1 Å². The van der Waals surface area contributed by atoms with E-state index in [4.69, 9.17) is 0 Å². The smallest absolute Gasteiger partial charge is 0.166 e. The van der Waals surface area contributed by atoms with E-state index >= 15 is 0 Å². The van der Waals surface area contributed by atoms with Crippen molar-refractivity contribution in [1.29, 1.82) is 0 Å². The van der Waals surface area contributed by atoms with Gasteiger partial charge in [-0.25, -0.2) is 0 Å². The summed E-state index contributed by atoms with van der Waals surface area (Å²) in [6.07, 6.45) is -2.43. The van der Waals surface area contributed by atoms with Crippen LogP contribution in [0.2, 0.25) is 0 Å². The maximum Gasteiger partial charge on any atom is 0.417 e. The average molecular weight is 249 g/mol.